The van der Waals surface area contributed by atoms with Crippen LogP contribution in [0, 0.1) is 0 Å². The van der Waals surface area contributed by atoms with Gasteiger partial charge in [-0.3, -0.25) is 0 Å². The highest BCUT2D eigenvalue weighted by molar-refractivity contribution is 7.12. The minimum absolute atomic E-state index is 0.313. The highest BCUT2D eigenvalue weighted by Gasteiger charge is 2.20. The van der Waals surface area contributed by atoms with E-state index in [1.54, 1.807) is 17.8 Å². The summed E-state index contributed by atoms with van der Waals surface area (Å²) in [5.74, 6) is -0.387. The number of nitrogens with zero attached hydrogens (tertiary/aromatic N) is 3. The maximum absolute atomic E-state index is 12.4. The molecule has 2 aromatic heterocycles. The van der Waals surface area contributed by atoms with Crippen LogP contribution in [0.3, 0.4) is 0 Å². The van der Waals surface area contributed by atoms with E-state index in [4.69, 9.17) is 4.74 Å². The Bertz CT molecular complexity index is 1060. The number of carbonyl (C=O) groups excluding carboxylic acids is 1. The summed E-state index contributed by atoms with van der Waals surface area (Å²) >= 11 is 1.48. The van der Waals surface area contributed by atoms with E-state index in [1.807, 2.05) is 66.0 Å². The van der Waals surface area contributed by atoms with Gasteiger partial charge in [-0.2, -0.15) is 5.10 Å². The number of benzene rings is 2. The van der Waals surface area contributed by atoms with Crippen LogP contribution < -0.4 is 0 Å². The van der Waals surface area contributed by atoms with Gasteiger partial charge < -0.3 is 4.74 Å². The number of rotatable bonds is 5. The number of thiazole rings is 1. The molecule has 0 fully saturated rings. The van der Waals surface area contributed by atoms with E-state index in [1.165, 1.54) is 11.3 Å². The fourth-order valence-corrected chi connectivity index (χ4v) is 3.51. The van der Waals surface area contributed by atoms with Gasteiger partial charge in [0.05, 0.1) is 12.3 Å². The first-order valence-corrected chi connectivity index (χ1v) is 9.47. The molecule has 6 heteroatoms. The topological polar surface area (TPSA) is 57.0 Å². The Hall–Kier alpha value is -3.25. The van der Waals surface area contributed by atoms with E-state index in [2.05, 4.69) is 10.1 Å². The van der Waals surface area contributed by atoms with Crippen molar-refractivity contribution < 1.29 is 9.53 Å². The number of carbonyl (C=O) groups is 1. The first-order chi connectivity index (χ1) is 13.3. The van der Waals surface area contributed by atoms with Gasteiger partial charge in [-0.05, 0) is 6.92 Å². The third-order valence-electron chi connectivity index (χ3n) is 4.01. The van der Waals surface area contributed by atoms with Crippen LogP contribution in [0.2, 0.25) is 0 Å². The van der Waals surface area contributed by atoms with Crippen LogP contribution in [0.5, 0.6) is 0 Å². The van der Waals surface area contributed by atoms with Crippen molar-refractivity contribution in [2.45, 2.75) is 6.92 Å². The van der Waals surface area contributed by atoms with E-state index in [-0.39, 0.29) is 5.97 Å². The van der Waals surface area contributed by atoms with E-state index < -0.39 is 0 Å². The standard InChI is InChI=1S/C21H17N3O2S/c1-2-26-20(25)17-13-24(23-19(17)16-11-7-4-8-12-16)21-22-18(14-27-21)15-9-5-3-6-10-15/h3-14H,2H2,1H3. The molecule has 4 aromatic rings. The van der Waals surface area contributed by atoms with Gasteiger partial charge in [0.25, 0.3) is 0 Å². The van der Waals surface area contributed by atoms with Gasteiger partial charge in [-0.25, -0.2) is 14.5 Å². The summed E-state index contributed by atoms with van der Waals surface area (Å²) in [6.45, 7) is 2.10. The number of hydrogen-bond acceptors (Lipinski definition) is 5. The average Bonchev–Trinajstić information content (AvgIpc) is 3.37. The third-order valence-corrected chi connectivity index (χ3v) is 4.84. The van der Waals surface area contributed by atoms with Crippen molar-refractivity contribution in [1.82, 2.24) is 14.8 Å². The van der Waals surface area contributed by atoms with Crippen molar-refractivity contribution in [3.05, 3.63) is 77.8 Å². The maximum atomic E-state index is 12.4. The summed E-state index contributed by atoms with van der Waals surface area (Å²) < 4.78 is 6.85. The van der Waals surface area contributed by atoms with E-state index in [9.17, 15) is 4.79 Å². The molecule has 2 heterocycles. The van der Waals surface area contributed by atoms with E-state index in [0.717, 1.165) is 16.8 Å². The molecule has 0 bridgehead atoms. The first kappa shape index (κ1) is 17.2. The quantitative estimate of drug-likeness (QED) is 0.468. The highest BCUT2D eigenvalue weighted by Crippen LogP contribution is 2.27. The monoisotopic (exact) mass is 375 g/mol. The van der Waals surface area contributed by atoms with Crippen molar-refractivity contribution in [3.8, 4) is 27.6 Å². The number of esters is 1. The van der Waals surface area contributed by atoms with Gasteiger partial charge in [0.2, 0.25) is 5.13 Å². The minimum Gasteiger partial charge on any atom is -0.462 e. The van der Waals surface area contributed by atoms with Crippen molar-refractivity contribution >= 4 is 17.3 Å². The molecule has 0 spiro atoms. The smallest absolute Gasteiger partial charge is 0.342 e. The lowest BCUT2D eigenvalue weighted by atomic mass is 10.1. The fraction of sp³-hybridized carbons (Fsp3) is 0.0952. The van der Waals surface area contributed by atoms with Gasteiger partial charge in [0, 0.05) is 22.7 Å². The summed E-state index contributed by atoms with van der Waals surface area (Å²) in [4.78, 5) is 17.1. The van der Waals surface area contributed by atoms with Gasteiger partial charge in [0.1, 0.15) is 11.3 Å². The lowest BCUT2D eigenvalue weighted by Gasteiger charge is -2.01. The molecule has 0 atom stereocenters. The number of hydrogen-bond donors (Lipinski definition) is 0. The summed E-state index contributed by atoms with van der Waals surface area (Å²) in [5, 5.41) is 7.31. The van der Waals surface area contributed by atoms with Crippen LogP contribution in [0.1, 0.15) is 17.3 Å². The Balaban J connectivity index is 1.76. The number of ether oxygens (including phenoxy) is 1. The molecule has 0 aliphatic heterocycles. The van der Waals surface area contributed by atoms with Crippen LogP contribution in [-0.2, 0) is 4.74 Å². The molecular formula is C21H17N3O2S. The Kier molecular flexibility index (Phi) is 4.80. The normalized spacial score (nSPS) is 10.7. The summed E-state index contributed by atoms with van der Waals surface area (Å²) in [5.41, 5.74) is 3.80. The minimum atomic E-state index is -0.387. The van der Waals surface area contributed by atoms with Crippen LogP contribution in [0.15, 0.2) is 72.2 Å². The Morgan fingerprint density at radius 2 is 1.70 bits per heavy atom. The lowest BCUT2D eigenvalue weighted by molar-refractivity contribution is 0.0527. The second-order valence-electron chi connectivity index (χ2n) is 5.80. The second-order valence-corrected chi connectivity index (χ2v) is 6.64. The van der Waals surface area contributed by atoms with Gasteiger partial charge in [-0.15, -0.1) is 11.3 Å². The summed E-state index contributed by atoms with van der Waals surface area (Å²) in [6, 6.07) is 19.6. The predicted octanol–water partition coefficient (Wildman–Crippen LogP) is 4.84. The summed E-state index contributed by atoms with van der Waals surface area (Å²) in [6.07, 6.45) is 1.69. The molecule has 0 aliphatic rings. The van der Waals surface area contributed by atoms with Crippen molar-refractivity contribution in [2.24, 2.45) is 0 Å². The van der Waals surface area contributed by atoms with Crippen LogP contribution >= 0.6 is 11.3 Å². The van der Waals surface area contributed by atoms with Crippen LogP contribution in [0.25, 0.3) is 27.6 Å². The zero-order chi connectivity index (χ0) is 18.6. The molecule has 27 heavy (non-hydrogen) atoms. The SMILES string of the molecule is CCOC(=O)c1cn(-c2nc(-c3ccccc3)cs2)nc1-c1ccccc1. The van der Waals surface area contributed by atoms with Crippen molar-refractivity contribution in [1.29, 1.82) is 0 Å². The van der Waals surface area contributed by atoms with Crippen molar-refractivity contribution in [2.75, 3.05) is 6.61 Å². The lowest BCUT2D eigenvalue weighted by Crippen LogP contribution is -2.04. The average molecular weight is 375 g/mol. The first-order valence-electron chi connectivity index (χ1n) is 8.60. The van der Waals surface area contributed by atoms with Gasteiger partial charge >= 0.3 is 5.97 Å². The molecule has 4 rings (SSSR count). The van der Waals surface area contributed by atoms with Gasteiger partial charge in [-0.1, -0.05) is 60.7 Å². The largest absolute Gasteiger partial charge is 0.462 e. The maximum Gasteiger partial charge on any atom is 0.342 e. The fourth-order valence-electron chi connectivity index (χ4n) is 2.75. The molecule has 5 nitrogen and oxygen atoms in total. The predicted molar refractivity (Wildman–Crippen MR) is 106 cm³/mol. The van der Waals surface area contributed by atoms with Gasteiger partial charge in [0.15, 0.2) is 0 Å². The zero-order valence-corrected chi connectivity index (χ0v) is 15.5. The van der Waals surface area contributed by atoms with Crippen LogP contribution in [-0.4, -0.2) is 27.3 Å². The molecule has 0 saturated carbocycles. The second kappa shape index (κ2) is 7.55. The van der Waals surface area contributed by atoms with E-state index >= 15 is 0 Å². The molecule has 0 amide bonds. The highest BCUT2D eigenvalue weighted by atomic mass is 32.1. The molecular weight excluding hydrogens is 358 g/mol. The molecule has 2 aromatic carbocycles. The van der Waals surface area contributed by atoms with Crippen molar-refractivity contribution in [3.63, 3.8) is 0 Å². The Labute approximate surface area is 160 Å². The summed E-state index contributed by atoms with van der Waals surface area (Å²) in [7, 11) is 0. The Morgan fingerprint density at radius 3 is 2.37 bits per heavy atom. The van der Waals surface area contributed by atoms with Crippen LogP contribution in [0.4, 0.5) is 0 Å². The molecule has 0 radical (unpaired) electrons. The molecule has 0 unspecified atom stereocenters. The van der Waals surface area contributed by atoms with E-state index in [0.29, 0.717) is 23.0 Å². The Morgan fingerprint density at radius 1 is 1.04 bits per heavy atom. The third kappa shape index (κ3) is 3.52. The molecule has 0 N–H and O–H groups in total. The molecule has 0 aliphatic carbocycles. The number of aromatic nitrogens is 3. The molecule has 134 valence electrons. The molecule has 0 saturated heterocycles. The zero-order valence-electron chi connectivity index (χ0n) is 14.7.